The van der Waals surface area contributed by atoms with E-state index in [9.17, 15) is 13.2 Å². The van der Waals surface area contributed by atoms with Gasteiger partial charge in [-0.1, -0.05) is 12.1 Å². The van der Waals surface area contributed by atoms with Gasteiger partial charge in [0.2, 0.25) is 0 Å². The molecular formula is C25H25F3N10. The van der Waals surface area contributed by atoms with Gasteiger partial charge >= 0.3 is 6.18 Å². The SMILES string of the molecule is Nc1ccc(-c2ccc3c(n2)C(N)N(C2(C(F)(F)F)CC2)C(N)N3Cc2ccc(-n3cncn3)cc2)cn1. The molecule has 1 aromatic carbocycles. The smallest absolute Gasteiger partial charge is 0.384 e. The van der Waals surface area contributed by atoms with E-state index in [4.69, 9.17) is 22.2 Å². The second kappa shape index (κ2) is 8.75. The third-order valence-electron chi connectivity index (χ3n) is 7.20. The molecule has 3 aromatic heterocycles. The molecule has 0 amide bonds. The number of hydrogen-bond acceptors (Lipinski definition) is 9. The van der Waals surface area contributed by atoms with Crippen LogP contribution in [-0.4, -0.2) is 47.6 Å². The zero-order valence-corrected chi connectivity index (χ0v) is 20.1. The van der Waals surface area contributed by atoms with Gasteiger partial charge in [0.25, 0.3) is 0 Å². The van der Waals surface area contributed by atoms with Crippen LogP contribution in [0.2, 0.25) is 0 Å². The molecule has 6 N–H and O–H groups in total. The number of aromatic nitrogens is 5. The number of pyridine rings is 2. The Balaban J connectivity index is 1.40. The Labute approximate surface area is 215 Å². The van der Waals surface area contributed by atoms with E-state index >= 15 is 0 Å². The van der Waals surface area contributed by atoms with Gasteiger partial charge in [0, 0.05) is 18.3 Å². The summed E-state index contributed by atoms with van der Waals surface area (Å²) in [5.74, 6) is 0.349. The summed E-state index contributed by atoms with van der Waals surface area (Å²) in [6.45, 7) is 0.243. The molecule has 4 aromatic rings. The number of rotatable bonds is 5. The lowest BCUT2D eigenvalue weighted by molar-refractivity contribution is -0.211. The van der Waals surface area contributed by atoms with Gasteiger partial charge in [0.1, 0.15) is 36.5 Å². The molecule has 0 spiro atoms. The average Bonchev–Trinajstić information content (AvgIpc) is 3.53. The molecule has 38 heavy (non-hydrogen) atoms. The molecule has 4 heterocycles. The highest BCUT2D eigenvalue weighted by Crippen LogP contribution is 2.57. The first-order valence-electron chi connectivity index (χ1n) is 12.0. The standard InChI is InChI=1S/C25H25F3N10/c26-25(27,28)24(9-10-24)38-22(30)21-19(7-6-18(35-21)16-3-8-20(29)33-11-16)36(23(38)31)12-15-1-4-17(5-2-15)37-14-32-13-34-37/h1-8,11,13-14,22-23H,9-10,12,30-31H2,(H2,29,33). The van der Waals surface area contributed by atoms with Crippen LogP contribution in [0.25, 0.3) is 16.9 Å². The van der Waals surface area contributed by atoms with E-state index in [-0.39, 0.29) is 19.4 Å². The predicted molar refractivity (Wildman–Crippen MR) is 134 cm³/mol. The topological polar surface area (TPSA) is 141 Å². The van der Waals surface area contributed by atoms with Crippen molar-refractivity contribution in [1.29, 1.82) is 0 Å². The molecule has 1 saturated carbocycles. The minimum Gasteiger partial charge on any atom is -0.384 e. The Kier molecular flexibility index (Phi) is 5.59. The van der Waals surface area contributed by atoms with E-state index in [0.29, 0.717) is 28.5 Å². The van der Waals surface area contributed by atoms with Crippen molar-refractivity contribution in [3.05, 3.63) is 78.6 Å². The van der Waals surface area contributed by atoms with E-state index in [0.717, 1.165) is 16.2 Å². The molecule has 1 aliphatic heterocycles. The van der Waals surface area contributed by atoms with Gasteiger partial charge in [-0.25, -0.2) is 24.5 Å². The van der Waals surface area contributed by atoms with Crippen molar-refractivity contribution in [2.24, 2.45) is 11.5 Å². The van der Waals surface area contributed by atoms with Crippen molar-refractivity contribution in [2.45, 2.75) is 43.6 Å². The van der Waals surface area contributed by atoms with E-state index in [2.05, 4.69) is 15.1 Å². The second-order valence-corrected chi connectivity index (χ2v) is 9.50. The van der Waals surface area contributed by atoms with Crippen molar-refractivity contribution in [3.63, 3.8) is 0 Å². The van der Waals surface area contributed by atoms with Crippen LogP contribution in [0, 0.1) is 0 Å². The normalized spacial score (nSPS) is 20.8. The second-order valence-electron chi connectivity index (χ2n) is 9.50. The van der Waals surface area contributed by atoms with Gasteiger partial charge < -0.3 is 16.4 Å². The van der Waals surface area contributed by atoms with Crippen LogP contribution in [0.15, 0.2) is 67.4 Å². The van der Waals surface area contributed by atoms with Gasteiger partial charge in [-0.3, -0.25) is 5.73 Å². The molecular weight excluding hydrogens is 497 g/mol. The Morgan fingerprint density at radius 1 is 1.00 bits per heavy atom. The van der Waals surface area contributed by atoms with Crippen molar-refractivity contribution in [3.8, 4) is 16.9 Å². The molecule has 2 unspecified atom stereocenters. The first kappa shape index (κ1) is 24.3. The molecule has 0 saturated heterocycles. The molecule has 196 valence electrons. The fourth-order valence-electron chi connectivity index (χ4n) is 5.03. The minimum absolute atomic E-state index is 0.0742. The first-order valence-corrected chi connectivity index (χ1v) is 12.0. The third kappa shape index (κ3) is 3.95. The van der Waals surface area contributed by atoms with E-state index in [1.807, 2.05) is 24.3 Å². The largest absolute Gasteiger partial charge is 0.406 e. The van der Waals surface area contributed by atoms with Crippen molar-refractivity contribution in [2.75, 3.05) is 10.6 Å². The summed E-state index contributed by atoms with van der Waals surface area (Å²) in [6, 6.07) is 14.4. The third-order valence-corrected chi connectivity index (χ3v) is 7.20. The van der Waals surface area contributed by atoms with Gasteiger partial charge in [-0.2, -0.15) is 18.3 Å². The van der Waals surface area contributed by atoms with Crippen molar-refractivity contribution in [1.82, 2.24) is 29.6 Å². The Bertz CT molecular complexity index is 1430. The molecule has 10 nitrogen and oxygen atoms in total. The van der Waals surface area contributed by atoms with E-state index < -0.39 is 24.2 Å². The number of nitrogen functional groups attached to an aromatic ring is 1. The van der Waals surface area contributed by atoms with Crippen LogP contribution in [-0.2, 0) is 6.54 Å². The number of hydrogen-bond donors (Lipinski definition) is 3. The lowest BCUT2D eigenvalue weighted by Gasteiger charge is -2.50. The Morgan fingerprint density at radius 2 is 1.76 bits per heavy atom. The quantitative estimate of drug-likeness (QED) is 0.361. The predicted octanol–water partition coefficient (Wildman–Crippen LogP) is 2.92. The van der Waals surface area contributed by atoms with E-state index in [1.54, 1.807) is 46.4 Å². The van der Waals surface area contributed by atoms with Gasteiger partial charge in [0.15, 0.2) is 0 Å². The summed E-state index contributed by atoms with van der Waals surface area (Å²) in [5, 5.41) is 4.12. The minimum atomic E-state index is -4.50. The fraction of sp³-hybridized carbons (Fsp3) is 0.280. The molecule has 1 aliphatic carbocycles. The molecule has 0 bridgehead atoms. The number of anilines is 2. The monoisotopic (exact) mass is 522 g/mol. The van der Waals surface area contributed by atoms with E-state index in [1.165, 1.54) is 6.33 Å². The number of alkyl halides is 3. The molecule has 1 fully saturated rings. The maximum atomic E-state index is 14.3. The lowest BCUT2D eigenvalue weighted by atomic mass is 10.0. The van der Waals surface area contributed by atoms with Crippen LogP contribution < -0.4 is 22.1 Å². The van der Waals surface area contributed by atoms with Crippen LogP contribution in [0.4, 0.5) is 24.7 Å². The number of nitrogens with two attached hydrogens (primary N) is 3. The summed E-state index contributed by atoms with van der Waals surface area (Å²) >= 11 is 0. The molecule has 0 radical (unpaired) electrons. The van der Waals surface area contributed by atoms with Crippen molar-refractivity contribution >= 4 is 11.5 Å². The Hall–Kier alpha value is -4.07. The number of halogens is 3. The summed E-state index contributed by atoms with van der Waals surface area (Å²) in [4.78, 5) is 15.6. The van der Waals surface area contributed by atoms with Gasteiger partial charge in [-0.05, 0) is 54.8 Å². The summed E-state index contributed by atoms with van der Waals surface area (Å²) in [6.07, 6.45) is -2.34. The summed E-state index contributed by atoms with van der Waals surface area (Å²) in [5.41, 5.74) is 20.4. The van der Waals surface area contributed by atoms with Crippen molar-refractivity contribution < 1.29 is 13.2 Å². The molecule has 13 heteroatoms. The molecule has 2 aliphatic rings. The number of nitrogens with zero attached hydrogens (tertiary/aromatic N) is 7. The van der Waals surface area contributed by atoms with Crippen LogP contribution in [0.3, 0.4) is 0 Å². The first-order chi connectivity index (χ1) is 18.2. The van der Waals surface area contributed by atoms with Gasteiger partial charge in [0.05, 0.1) is 22.8 Å². The van der Waals surface area contributed by atoms with Crippen LogP contribution in [0.1, 0.15) is 30.3 Å². The fourth-order valence-corrected chi connectivity index (χ4v) is 5.03. The zero-order chi connectivity index (χ0) is 26.7. The highest BCUT2D eigenvalue weighted by Gasteiger charge is 2.70. The highest BCUT2D eigenvalue weighted by molar-refractivity contribution is 5.65. The number of benzene rings is 1. The Morgan fingerprint density at radius 3 is 2.37 bits per heavy atom. The molecule has 6 rings (SSSR count). The highest BCUT2D eigenvalue weighted by atomic mass is 19.4. The average molecular weight is 523 g/mol. The number of fused-ring (bicyclic) bond motifs is 1. The summed E-state index contributed by atoms with van der Waals surface area (Å²) in [7, 11) is 0. The zero-order valence-electron chi connectivity index (χ0n) is 20.1. The van der Waals surface area contributed by atoms with Gasteiger partial charge in [-0.15, -0.1) is 0 Å². The summed E-state index contributed by atoms with van der Waals surface area (Å²) < 4.78 is 44.5. The van der Waals surface area contributed by atoms with Crippen LogP contribution >= 0.6 is 0 Å². The lowest BCUT2D eigenvalue weighted by Crippen LogP contribution is -2.67. The maximum Gasteiger partial charge on any atom is 0.406 e. The van der Waals surface area contributed by atoms with Crippen LogP contribution in [0.5, 0.6) is 0 Å². The maximum absolute atomic E-state index is 14.3. The molecule has 2 atom stereocenters.